The number of carbonyl (C=O) groups excluding carboxylic acids is 1. The van der Waals surface area contributed by atoms with Crippen LogP contribution in [-0.4, -0.2) is 21.5 Å². The summed E-state index contributed by atoms with van der Waals surface area (Å²) >= 11 is 2.53. The van der Waals surface area contributed by atoms with E-state index in [4.69, 9.17) is 9.84 Å². The number of nitrogens with zero attached hydrogens (tertiary/aromatic N) is 1. The minimum atomic E-state index is -0.929. The van der Waals surface area contributed by atoms with E-state index in [-0.39, 0.29) is 6.10 Å². The van der Waals surface area contributed by atoms with Gasteiger partial charge in [-0.25, -0.2) is 9.59 Å². The summed E-state index contributed by atoms with van der Waals surface area (Å²) in [6.07, 6.45) is -0.922. The van der Waals surface area contributed by atoms with Crippen LogP contribution < -0.4 is 5.32 Å². The molecule has 0 aliphatic rings. The number of nitrogens with one attached hydrogen (secondary N) is 1. The highest BCUT2D eigenvalue weighted by atomic mass is 32.1. The number of ether oxygens (including phenoxy) is 1. The number of carboxylic acids is 1. The number of hydrogen-bond acceptors (Lipinski definition) is 6. The minimum absolute atomic E-state index is 0.303. The van der Waals surface area contributed by atoms with Crippen LogP contribution in [0.3, 0.4) is 0 Å². The first-order chi connectivity index (χ1) is 15.4. The molecule has 0 aliphatic heterocycles. The molecule has 32 heavy (non-hydrogen) atoms. The van der Waals surface area contributed by atoms with Crippen molar-refractivity contribution in [1.29, 1.82) is 0 Å². The number of benzene rings is 2. The van der Waals surface area contributed by atoms with Crippen molar-refractivity contribution in [2.24, 2.45) is 0 Å². The predicted octanol–water partition coefficient (Wildman–Crippen LogP) is 6.85. The highest BCUT2D eigenvalue weighted by Gasteiger charge is 2.18. The number of aromatic carboxylic acids is 1. The van der Waals surface area contributed by atoms with Crippen molar-refractivity contribution in [2.45, 2.75) is 20.0 Å². The van der Waals surface area contributed by atoms with Gasteiger partial charge in [-0.1, -0.05) is 54.6 Å². The molecule has 2 heterocycles. The third kappa shape index (κ3) is 4.71. The fourth-order valence-electron chi connectivity index (χ4n) is 3.19. The molecule has 0 saturated heterocycles. The summed E-state index contributed by atoms with van der Waals surface area (Å²) in [7, 11) is 0. The maximum Gasteiger partial charge on any atom is 0.412 e. The molecule has 0 saturated carbocycles. The number of carboxylic acid groups (broad SMARTS) is 1. The normalized spacial score (nSPS) is 11.7. The van der Waals surface area contributed by atoms with Crippen LogP contribution in [0.1, 0.15) is 34.0 Å². The fourth-order valence-corrected chi connectivity index (χ4v) is 4.89. The summed E-state index contributed by atoms with van der Waals surface area (Å²) in [5.41, 5.74) is 4.08. The third-order valence-corrected chi connectivity index (χ3v) is 7.00. The van der Waals surface area contributed by atoms with Gasteiger partial charge in [-0.15, -0.1) is 11.3 Å². The van der Waals surface area contributed by atoms with Gasteiger partial charge in [0.25, 0.3) is 0 Å². The van der Waals surface area contributed by atoms with E-state index in [1.807, 2.05) is 68.4 Å². The Bertz CT molecular complexity index is 1250. The van der Waals surface area contributed by atoms with Gasteiger partial charge in [0.1, 0.15) is 11.0 Å². The molecule has 6 nitrogen and oxygen atoms in total. The number of thiophene rings is 1. The van der Waals surface area contributed by atoms with Crippen molar-refractivity contribution >= 4 is 40.6 Å². The van der Waals surface area contributed by atoms with Gasteiger partial charge in [-0.2, -0.15) is 4.37 Å². The van der Waals surface area contributed by atoms with Gasteiger partial charge in [0.15, 0.2) is 0 Å². The van der Waals surface area contributed by atoms with Crippen LogP contribution in [0, 0.1) is 6.92 Å². The number of aryl methyl sites for hydroxylation is 1. The number of hydrogen-bond donors (Lipinski definition) is 2. The highest BCUT2D eigenvalue weighted by molar-refractivity contribution is 7.17. The molecule has 2 aromatic heterocycles. The Balaban J connectivity index is 1.50. The van der Waals surface area contributed by atoms with Crippen molar-refractivity contribution < 1.29 is 19.4 Å². The van der Waals surface area contributed by atoms with Crippen LogP contribution >= 0.6 is 22.9 Å². The van der Waals surface area contributed by atoms with E-state index in [2.05, 4.69) is 9.69 Å². The van der Waals surface area contributed by atoms with Gasteiger partial charge in [-0.05, 0) is 54.2 Å². The van der Waals surface area contributed by atoms with Crippen molar-refractivity contribution in [3.8, 4) is 20.9 Å². The summed E-state index contributed by atoms with van der Waals surface area (Å²) < 4.78 is 9.93. The summed E-state index contributed by atoms with van der Waals surface area (Å²) in [4.78, 5) is 25.7. The summed E-state index contributed by atoms with van der Waals surface area (Å²) in [5.74, 6) is -0.929. The number of carbonyl (C=O) groups is 2. The van der Waals surface area contributed by atoms with Crippen molar-refractivity contribution in [1.82, 2.24) is 4.37 Å². The number of amides is 1. The lowest BCUT2D eigenvalue weighted by atomic mass is 10.1. The van der Waals surface area contributed by atoms with Crippen LogP contribution in [0.4, 0.5) is 10.5 Å². The quantitative estimate of drug-likeness (QED) is 0.326. The number of anilines is 1. The first-order valence-corrected chi connectivity index (χ1v) is 11.4. The van der Waals surface area contributed by atoms with E-state index in [1.54, 1.807) is 12.1 Å². The zero-order valence-corrected chi connectivity index (χ0v) is 19.0. The molecule has 4 aromatic rings. The third-order valence-electron chi connectivity index (χ3n) is 4.89. The van der Waals surface area contributed by atoms with E-state index in [1.165, 1.54) is 22.9 Å². The molecule has 0 spiro atoms. The van der Waals surface area contributed by atoms with Gasteiger partial charge >= 0.3 is 12.1 Å². The van der Waals surface area contributed by atoms with Crippen LogP contribution in [0.25, 0.3) is 20.9 Å². The van der Waals surface area contributed by atoms with Gasteiger partial charge in [0.05, 0.1) is 16.3 Å². The van der Waals surface area contributed by atoms with E-state index in [0.717, 1.165) is 26.4 Å². The standard InChI is InChI=1S/C24H20N2O4S2/c1-14-21(25-24(29)30-15(2)16-6-4-3-5-7-16)22(32-26-14)18-10-8-17(9-11-18)19-12-13-20(31-19)23(27)28/h3-13,15H,1-2H3,(H,25,29)(H,27,28). The second-order valence-electron chi connectivity index (χ2n) is 7.10. The SMILES string of the molecule is Cc1nsc(-c2ccc(-c3ccc(C(=O)O)s3)cc2)c1NC(=O)OC(C)c1ccccc1. The van der Waals surface area contributed by atoms with Crippen molar-refractivity contribution in [3.63, 3.8) is 0 Å². The number of aromatic nitrogens is 1. The monoisotopic (exact) mass is 464 g/mol. The lowest BCUT2D eigenvalue weighted by Gasteiger charge is -2.14. The first-order valence-electron chi connectivity index (χ1n) is 9.85. The Morgan fingerprint density at radius 1 is 1.00 bits per heavy atom. The molecular formula is C24H20N2O4S2. The summed E-state index contributed by atoms with van der Waals surface area (Å²) in [6, 6.07) is 20.7. The van der Waals surface area contributed by atoms with Gasteiger partial charge in [0, 0.05) is 4.88 Å². The van der Waals surface area contributed by atoms with Gasteiger partial charge in [0.2, 0.25) is 0 Å². The summed E-state index contributed by atoms with van der Waals surface area (Å²) in [6.45, 7) is 3.66. The Morgan fingerprint density at radius 3 is 2.34 bits per heavy atom. The maximum atomic E-state index is 12.5. The molecule has 0 radical (unpaired) electrons. The molecule has 1 atom stereocenters. The molecule has 0 bridgehead atoms. The molecule has 8 heteroatoms. The average Bonchev–Trinajstić information content (AvgIpc) is 3.42. The summed E-state index contributed by atoms with van der Waals surface area (Å²) in [5, 5.41) is 12.0. The number of rotatable bonds is 6. The Hall–Kier alpha value is -3.49. The lowest BCUT2D eigenvalue weighted by molar-refractivity contribution is 0.0702. The average molecular weight is 465 g/mol. The molecule has 2 aromatic carbocycles. The van der Waals surface area contributed by atoms with Gasteiger partial charge < -0.3 is 9.84 Å². The van der Waals surface area contributed by atoms with Crippen LogP contribution in [0.5, 0.6) is 0 Å². The predicted molar refractivity (Wildman–Crippen MR) is 128 cm³/mol. The molecule has 162 valence electrons. The molecule has 0 fully saturated rings. The zero-order chi connectivity index (χ0) is 22.7. The Morgan fingerprint density at radius 2 is 1.69 bits per heavy atom. The minimum Gasteiger partial charge on any atom is -0.477 e. The van der Waals surface area contributed by atoms with Crippen molar-refractivity contribution in [3.05, 3.63) is 82.9 Å². The molecule has 0 aliphatic carbocycles. The second kappa shape index (κ2) is 9.33. The molecule has 4 rings (SSSR count). The zero-order valence-electron chi connectivity index (χ0n) is 17.4. The second-order valence-corrected chi connectivity index (χ2v) is 8.96. The van der Waals surface area contributed by atoms with E-state index in [0.29, 0.717) is 16.3 Å². The van der Waals surface area contributed by atoms with E-state index < -0.39 is 12.1 Å². The largest absolute Gasteiger partial charge is 0.477 e. The highest BCUT2D eigenvalue weighted by Crippen LogP contribution is 2.37. The first kappa shape index (κ1) is 21.7. The van der Waals surface area contributed by atoms with E-state index in [9.17, 15) is 9.59 Å². The maximum absolute atomic E-state index is 12.5. The smallest absolute Gasteiger partial charge is 0.412 e. The lowest BCUT2D eigenvalue weighted by Crippen LogP contribution is -2.16. The van der Waals surface area contributed by atoms with Crippen LogP contribution in [0.15, 0.2) is 66.7 Å². The molecule has 1 amide bonds. The Labute approximate surface area is 193 Å². The van der Waals surface area contributed by atoms with E-state index >= 15 is 0 Å². The van der Waals surface area contributed by atoms with Crippen molar-refractivity contribution in [2.75, 3.05) is 5.32 Å². The van der Waals surface area contributed by atoms with Crippen LogP contribution in [-0.2, 0) is 4.74 Å². The molecular weight excluding hydrogens is 444 g/mol. The molecule has 2 N–H and O–H groups in total. The molecule has 1 unspecified atom stereocenters. The fraction of sp³-hybridized carbons (Fsp3) is 0.125. The Kier molecular flexibility index (Phi) is 6.34. The van der Waals surface area contributed by atoms with Gasteiger partial charge in [-0.3, -0.25) is 5.32 Å². The van der Waals surface area contributed by atoms with Crippen LogP contribution in [0.2, 0.25) is 0 Å². The topological polar surface area (TPSA) is 88.5 Å².